The molecule has 0 bridgehead atoms. The third kappa shape index (κ3) is 3.12. The molecule has 1 N–H and O–H groups in total. The maximum Gasteiger partial charge on any atom is 0.224 e. The van der Waals surface area contributed by atoms with Crippen molar-refractivity contribution in [1.29, 1.82) is 0 Å². The average molecular weight is 257 g/mol. The minimum absolute atomic E-state index is 0.0771. The van der Waals surface area contributed by atoms with Gasteiger partial charge in [-0.2, -0.15) is 0 Å². The van der Waals surface area contributed by atoms with E-state index in [-0.39, 0.29) is 6.61 Å². The molecule has 1 heterocycles. The van der Waals surface area contributed by atoms with Crippen LogP contribution < -0.4 is 4.74 Å². The molecule has 19 heavy (non-hydrogen) atoms. The molecule has 0 fully saturated rings. The Morgan fingerprint density at radius 3 is 2.68 bits per heavy atom. The summed E-state index contributed by atoms with van der Waals surface area (Å²) in [5, 5.41) is 9.25. The van der Waals surface area contributed by atoms with Gasteiger partial charge in [-0.15, -0.1) is 0 Å². The fourth-order valence-corrected chi connectivity index (χ4v) is 2.11. The Labute approximate surface area is 113 Å². The second kappa shape index (κ2) is 5.85. The molecule has 0 aliphatic heterocycles. The van der Waals surface area contributed by atoms with E-state index >= 15 is 0 Å². The van der Waals surface area contributed by atoms with Crippen LogP contribution in [0.4, 0.5) is 0 Å². The molecule has 100 valence electrons. The molecule has 0 unspecified atom stereocenters. The van der Waals surface area contributed by atoms with E-state index in [2.05, 4.69) is 31.8 Å². The largest absolute Gasteiger partial charge is 0.439 e. The molecule has 0 aliphatic rings. The topological polar surface area (TPSA) is 42.4 Å². The Morgan fingerprint density at radius 1 is 1.26 bits per heavy atom. The molecule has 0 aliphatic carbocycles. The van der Waals surface area contributed by atoms with Crippen molar-refractivity contribution in [2.75, 3.05) is 0 Å². The highest BCUT2D eigenvalue weighted by Crippen LogP contribution is 2.27. The number of aliphatic hydroxyl groups excluding tert-OH is 1. The first-order valence-corrected chi connectivity index (χ1v) is 6.45. The van der Waals surface area contributed by atoms with Gasteiger partial charge in [0, 0.05) is 11.8 Å². The third-order valence-electron chi connectivity index (χ3n) is 3.10. The van der Waals surface area contributed by atoms with Crippen molar-refractivity contribution in [2.24, 2.45) is 0 Å². The smallest absolute Gasteiger partial charge is 0.224 e. The predicted molar refractivity (Wildman–Crippen MR) is 75.5 cm³/mol. The lowest BCUT2D eigenvalue weighted by molar-refractivity contribution is 0.275. The van der Waals surface area contributed by atoms with Gasteiger partial charge in [0.25, 0.3) is 0 Å². The van der Waals surface area contributed by atoms with Gasteiger partial charge < -0.3 is 9.84 Å². The summed E-state index contributed by atoms with van der Waals surface area (Å²) < 4.78 is 5.74. The van der Waals surface area contributed by atoms with E-state index in [9.17, 15) is 5.11 Å². The number of aromatic nitrogens is 1. The Hall–Kier alpha value is -1.87. The maximum atomic E-state index is 9.25. The molecular weight excluding hydrogens is 238 g/mol. The van der Waals surface area contributed by atoms with Gasteiger partial charge in [0.1, 0.15) is 5.75 Å². The summed E-state index contributed by atoms with van der Waals surface area (Å²) in [6, 6.07) is 9.61. The quantitative estimate of drug-likeness (QED) is 0.906. The molecule has 3 heteroatoms. The second-order valence-corrected chi connectivity index (χ2v) is 4.90. The molecular formula is C16H19NO2. The molecule has 0 saturated heterocycles. The number of aryl methyl sites for hydroxylation is 1. The van der Waals surface area contributed by atoms with E-state index in [0.717, 1.165) is 5.75 Å². The standard InChI is InChI=1S/C16H19NO2/c1-11(2)15-7-6-14(9-12(15)3)19-16-13(10-18)5-4-8-17-16/h4-9,11,18H,10H2,1-3H3. The van der Waals surface area contributed by atoms with Gasteiger partial charge in [0.05, 0.1) is 6.61 Å². The van der Waals surface area contributed by atoms with Crippen LogP contribution in [-0.4, -0.2) is 10.1 Å². The molecule has 0 amide bonds. The summed E-state index contributed by atoms with van der Waals surface area (Å²) in [6.45, 7) is 6.34. The number of nitrogens with zero attached hydrogens (tertiary/aromatic N) is 1. The van der Waals surface area contributed by atoms with E-state index in [1.807, 2.05) is 12.1 Å². The van der Waals surface area contributed by atoms with Crippen LogP contribution in [0.15, 0.2) is 36.5 Å². The fourth-order valence-electron chi connectivity index (χ4n) is 2.11. The molecule has 3 nitrogen and oxygen atoms in total. The first kappa shape index (κ1) is 13.6. The molecule has 0 radical (unpaired) electrons. The Morgan fingerprint density at radius 2 is 2.05 bits per heavy atom. The van der Waals surface area contributed by atoms with Gasteiger partial charge in [0.2, 0.25) is 5.88 Å². The highest BCUT2D eigenvalue weighted by atomic mass is 16.5. The lowest BCUT2D eigenvalue weighted by Gasteiger charge is -2.13. The SMILES string of the molecule is Cc1cc(Oc2ncccc2CO)ccc1C(C)C. The van der Waals surface area contributed by atoms with Gasteiger partial charge in [-0.1, -0.05) is 19.9 Å². The van der Waals surface area contributed by atoms with Crippen molar-refractivity contribution < 1.29 is 9.84 Å². The summed E-state index contributed by atoms with van der Waals surface area (Å²) in [4.78, 5) is 4.15. The first-order chi connectivity index (χ1) is 9.11. The number of hydrogen-bond donors (Lipinski definition) is 1. The van der Waals surface area contributed by atoms with Crippen molar-refractivity contribution in [2.45, 2.75) is 33.3 Å². The normalized spacial score (nSPS) is 10.8. The van der Waals surface area contributed by atoms with Gasteiger partial charge in [-0.25, -0.2) is 4.98 Å². The minimum Gasteiger partial charge on any atom is -0.439 e. The molecule has 2 rings (SSSR count). The van der Waals surface area contributed by atoms with Crippen LogP contribution in [0.3, 0.4) is 0 Å². The van der Waals surface area contributed by atoms with Crippen molar-refractivity contribution in [1.82, 2.24) is 4.98 Å². The summed E-state index contributed by atoms with van der Waals surface area (Å²) in [5.41, 5.74) is 3.21. The monoisotopic (exact) mass is 257 g/mol. The van der Waals surface area contributed by atoms with E-state index in [1.165, 1.54) is 11.1 Å². The highest BCUT2D eigenvalue weighted by Gasteiger charge is 2.08. The van der Waals surface area contributed by atoms with Crippen molar-refractivity contribution in [3.63, 3.8) is 0 Å². The van der Waals surface area contributed by atoms with Gasteiger partial charge in [-0.05, 0) is 48.2 Å². The molecule has 1 aromatic heterocycles. The van der Waals surface area contributed by atoms with Crippen LogP contribution in [0.2, 0.25) is 0 Å². The Kier molecular flexibility index (Phi) is 4.17. The summed E-state index contributed by atoms with van der Waals surface area (Å²) in [5.74, 6) is 1.70. The van der Waals surface area contributed by atoms with E-state index < -0.39 is 0 Å². The molecule has 0 saturated carbocycles. The lowest BCUT2D eigenvalue weighted by atomic mass is 9.98. The van der Waals surface area contributed by atoms with Crippen LogP contribution in [0.25, 0.3) is 0 Å². The molecule has 0 spiro atoms. The molecule has 1 aromatic carbocycles. The number of rotatable bonds is 4. The minimum atomic E-state index is -0.0771. The van der Waals surface area contributed by atoms with Crippen LogP contribution in [-0.2, 0) is 6.61 Å². The zero-order chi connectivity index (χ0) is 13.8. The first-order valence-electron chi connectivity index (χ1n) is 6.45. The Balaban J connectivity index is 2.26. The fraction of sp³-hybridized carbons (Fsp3) is 0.312. The van der Waals surface area contributed by atoms with Crippen LogP contribution in [0.1, 0.15) is 36.5 Å². The van der Waals surface area contributed by atoms with E-state index in [0.29, 0.717) is 17.4 Å². The molecule has 0 atom stereocenters. The number of pyridine rings is 1. The van der Waals surface area contributed by atoms with Crippen LogP contribution in [0.5, 0.6) is 11.6 Å². The van der Waals surface area contributed by atoms with Gasteiger partial charge in [-0.3, -0.25) is 0 Å². The van der Waals surface area contributed by atoms with Gasteiger partial charge >= 0.3 is 0 Å². The van der Waals surface area contributed by atoms with Crippen molar-refractivity contribution in [3.8, 4) is 11.6 Å². The second-order valence-electron chi connectivity index (χ2n) is 4.90. The number of ether oxygens (including phenoxy) is 1. The van der Waals surface area contributed by atoms with E-state index in [4.69, 9.17) is 4.74 Å². The van der Waals surface area contributed by atoms with Gasteiger partial charge in [0.15, 0.2) is 0 Å². The average Bonchev–Trinajstić information content (AvgIpc) is 2.39. The zero-order valence-electron chi connectivity index (χ0n) is 11.6. The molecule has 2 aromatic rings. The maximum absolute atomic E-state index is 9.25. The number of benzene rings is 1. The lowest BCUT2D eigenvalue weighted by Crippen LogP contribution is -1.96. The van der Waals surface area contributed by atoms with Crippen molar-refractivity contribution in [3.05, 3.63) is 53.2 Å². The van der Waals surface area contributed by atoms with Crippen LogP contribution >= 0.6 is 0 Å². The zero-order valence-corrected chi connectivity index (χ0v) is 11.6. The third-order valence-corrected chi connectivity index (χ3v) is 3.10. The highest BCUT2D eigenvalue weighted by molar-refractivity contribution is 5.39. The summed E-state index contributed by atoms with van der Waals surface area (Å²) >= 11 is 0. The van der Waals surface area contributed by atoms with Crippen molar-refractivity contribution >= 4 is 0 Å². The Bertz CT molecular complexity index is 564. The number of aliphatic hydroxyl groups is 1. The summed E-state index contributed by atoms with van der Waals surface area (Å²) in [7, 11) is 0. The van der Waals surface area contributed by atoms with E-state index in [1.54, 1.807) is 18.3 Å². The van der Waals surface area contributed by atoms with Crippen LogP contribution in [0, 0.1) is 6.92 Å². The number of hydrogen-bond acceptors (Lipinski definition) is 3. The predicted octanol–water partition coefficient (Wildman–Crippen LogP) is 3.80. The summed E-state index contributed by atoms with van der Waals surface area (Å²) in [6.07, 6.45) is 1.66.